The Hall–Kier alpha value is -0.160. The SMILES string of the molecule is CC(C)(C)CCCNC(C)(C)C.CC(C)(C)N1CCN(C(C)(C)C)CC1.CN(CCCCC(C)(C)C)C(C)(C)C. The maximum absolute atomic E-state index is 3.49. The van der Waals surface area contributed by atoms with Crippen LogP contribution in [-0.2, 0) is 0 Å². The Morgan fingerprint density at radius 1 is 0.525 bits per heavy atom. The highest BCUT2D eigenvalue weighted by molar-refractivity contribution is 4.86. The van der Waals surface area contributed by atoms with E-state index in [2.05, 4.69) is 152 Å². The second-order valence-electron chi connectivity index (χ2n) is 18.8. The number of hydrogen-bond acceptors (Lipinski definition) is 4. The van der Waals surface area contributed by atoms with E-state index in [1.807, 2.05) is 0 Å². The second kappa shape index (κ2) is 17.2. The van der Waals surface area contributed by atoms with Crippen molar-refractivity contribution in [2.75, 3.05) is 46.3 Å². The Balaban J connectivity index is 0. The lowest BCUT2D eigenvalue weighted by Crippen LogP contribution is -2.57. The van der Waals surface area contributed by atoms with E-state index in [1.54, 1.807) is 0 Å². The molecule has 4 nitrogen and oxygen atoms in total. The molecule has 1 fully saturated rings. The highest BCUT2D eigenvalue weighted by Crippen LogP contribution is 2.23. The van der Waals surface area contributed by atoms with E-state index in [0.717, 1.165) is 6.54 Å². The molecule has 1 heterocycles. The molecular formula is C36H80N4. The molecule has 0 spiro atoms. The first-order valence-corrected chi connectivity index (χ1v) is 16.5. The highest BCUT2D eigenvalue weighted by Gasteiger charge is 2.30. The van der Waals surface area contributed by atoms with Crippen molar-refractivity contribution in [3.63, 3.8) is 0 Å². The number of nitrogens with one attached hydrogen (secondary N) is 1. The van der Waals surface area contributed by atoms with E-state index in [0.29, 0.717) is 27.4 Å². The van der Waals surface area contributed by atoms with Crippen LogP contribution in [-0.4, -0.2) is 83.2 Å². The Kier molecular flexibility index (Phi) is 18.1. The predicted molar refractivity (Wildman–Crippen MR) is 185 cm³/mol. The van der Waals surface area contributed by atoms with E-state index in [-0.39, 0.29) is 5.54 Å². The lowest BCUT2D eigenvalue weighted by molar-refractivity contribution is 0.0211. The number of hydrogen-bond donors (Lipinski definition) is 1. The third-order valence-corrected chi connectivity index (χ3v) is 7.75. The van der Waals surface area contributed by atoms with E-state index in [1.165, 1.54) is 64.8 Å². The van der Waals surface area contributed by atoms with Gasteiger partial charge in [-0.2, -0.15) is 0 Å². The molecule has 40 heavy (non-hydrogen) atoms. The van der Waals surface area contributed by atoms with Gasteiger partial charge in [-0.3, -0.25) is 9.80 Å². The largest absolute Gasteiger partial charge is 0.312 e. The van der Waals surface area contributed by atoms with Crippen LogP contribution in [0.1, 0.15) is 157 Å². The Labute approximate surface area is 255 Å². The van der Waals surface area contributed by atoms with Gasteiger partial charge in [-0.05, 0) is 140 Å². The van der Waals surface area contributed by atoms with Crippen molar-refractivity contribution in [2.24, 2.45) is 10.8 Å². The van der Waals surface area contributed by atoms with Gasteiger partial charge in [0.05, 0.1) is 0 Å². The van der Waals surface area contributed by atoms with Gasteiger partial charge in [-0.15, -0.1) is 0 Å². The number of rotatable bonds is 7. The zero-order valence-electron chi connectivity index (χ0n) is 31.6. The zero-order valence-corrected chi connectivity index (χ0v) is 31.6. The van der Waals surface area contributed by atoms with Crippen molar-refractivity contribution in [3.05, 3.63) is 0 Å². The molecule has 0 atom stereocenters. The van der Waals surface area contributed by atoms with Crippen molar-refractivity contribution < 1.29 is 0 Å². The summed E-state index contributed by atoms with van der Waals surface area (Å²) in [7, 11) is 2.22. The third kappa shape index (κ3) is 25.5. The smallest absolute Gasteiger partial charge is 0.0126 e. The maximum atomic E-state index is 3.49. The molecule has 1 saturated heterocycles. The lowest BCUT2D eigenvalue weighted by Gasteiger charge is -2.46. The first-order valence-electron chi connectivity index (χ1n) is 16.5. The van der Waals surface area contributed by atoms with Gasteiger partial charge in [0.15, 0.2) is 0 Å². The van der Waals surface area contributed by atoms with Gasteiger partial charge in [0.1, 0.15) is 0 Å². The maximum Gasteiger partial charge on any atom is 0.0126 e. The summed E-state index contributed by atoms with van der Waals surface area (Å²) in [6.45, 7) is 48.3. The standard InChI is InChI=1S/C13H29N.C12H26N2.C11H25N/c1-12(2,3)10-8-9-11-14(7)13(4,5)6;1-11(2,3)13-7-9-14(10-8-13)12(4,5)6;1-10(2,3)8-7-9-12-11(4,5)6/h8-11H2,1-7H3;7-10H2,1-6H3;12H,7-9H2,1-6H3. The van der Waals surface area contributed by atoms with E-state index < -0.39 is 0 Å². The molecule has 1 N–H and O–H groups in total. The van der Waals surface area contributed by atoms with E-state index >= 15 is 0 Å². The summed E-state index contributed by atoms with van der Waals surface area (Å²) in [4.78, 5) is 7.60. The summed E-state index contributed by atoms with van der Waals surface area (Å²) in [6, 6.07) is 0. The minimum Gasteiger partial charge on any atom is -0.312 e. The Morgan fingerprint density at radius 3 is 1.15 bits per heavy atom. The molecule has 0 bridgehead atoms. The Morgan fingerprint density at radius 2 is 0.875 bits per heavy atom. The molecule has 0 aromatic carbocycles. The Bertz CT molecular complexity index is 581. The molecule has 0 aliphatic carbocycles. The van der Waals surface area contributed by atoms with Gasteiger partial charge < -0.3 is 10.2 Å². The summed E-state index contributed by atoms with van der Waals surface area (Å²) in [5, 5.41) is 3.49. The molecule has 4 heteroatoms. The summed E-state index contributed by atoms with van der Waals surface area (Å²) in [5.41, 5.74) is 2.26. The van der Waals surface area contributed by atoms with Crippen molar-refractivity contribution in [3.8, 4) is 0 Å². The minimum atomic E-state index is 0.276. The molecular weight excluding hydrogens is 488 g/mol. The van der Waals surface area contributed by atoms with Crippen molar-refractivity contribution in [1.29, 1.82) is 0 Å². The van der Waals surface area contributed by atoms with Crippen LogP contribution in [0.3, 0.4) is 0 Å². The van der Waals surface area contributed by atoms with Crippen LogP contribution in [0.15, 0.2) is 0 Å². The van der Waals surface area contributed by atoms with Crippen LogP contribution in [0.2, 0.25) is 0 Å². The first-order chi connectivity index (χ1) is 17.5. The van der Waals surface area contributed by atoms with Crippen molar-refractivity contribution in [1.82, 2.24) is 20.0 Å². The number of nitrogens with zero attached hydrogens (tertiary/aromatic N) is 3. The van der Waals surface area contributed by atoms with Gasteiger partial charge in [-0.1, -0.05) is 48.0 Å². The van der Waals surface area contributed by atoms with Gasteiger partial charge in [0.25, 0.3) is 0 Å². The second-order valence-corrected chi connectivity index (χ2v) is 18.8. The topological polar surface area (TPSA) is 21.8 Å². The highest BCUT2D eigenvalue weighted by atomic mass is 15.3. The number of unbranched alkanes of at least 4 members (excludes halogenated alkanes) is 1. The van der Waals surface area contributed by atoms with Crippen LogP contribution in [0.4, 0.5) is 0 Å². The third-order valence-electron chi connectivity index (χ3n) is 7.75. The van der Waals surface area contributed by atoms with Crippen LogP contribution in [0, 0.1) is 10.8 Å². The van der Waals surface area contributed by atoms with E-state index in [4.69, 9.17) is 0 Å². The average Bonchev–Trinajstić information content (AvgIpc) is 2.71. The van der Waals surface area contributed by atoms with Crippen LogP contribution in [0.5, 0.6) is 0 Å². The van der Waals surface area contributed by atoms with Crippen LogP contribution >= 0.6 is 0 Å². The van der Waals surface area contributed by atoms with Gasteiger partial charge >= 0.3 is 0 Å². The van der Waals surface area contributed by atoms with Crippen molar-refractivity contribution >= 4 is 0 Å². The fourth-order valence-electron chi connectivity index (χ4n) is 4.47. The summed E-state index contributed by atoms with van der Waals surface area (Å²) in [6.07, 6.45) is 6.59. The molecule has 0 aromatic heterocycles. The van der Waals surface area contributed by atoms with Crippen molar-refractivity contribution in [2.45, 2.75) is 179 Å². The molecule has 0 radical (unpaired) electrons. The monoisotopic (exact) mass is 569 g/mol. The molecule has 1 rings (SSSR count). The molecule has 244 valence electrons. The zero-order chi connectivity index (χ0) is 32.2. The average molecular weight is 569 g/mol. The van der Waals surface area contributed by atoms with Crippen LogP contribution < -0.4 is 5.32 Å². The quantitative estimate of drug-likeness (QED) is 0.309. The molecule has 0 amide bonds. The summed E-state index contributed by atoms with van der Waals surface area (Å²) >= 11 is 0. The molecule has 0 aromatic rings. The number of piperazine rings is 1. The fraction of sp³-hybridized carbons (Fsp3) is 1.00. The summed E-state index contributed by atoms with van der Waals surface area (Å²) < 4.78 is 0. The molecule has 1 aliphatic rings. The molecule has 0 saturated carbocycles. The predicted octanol–water partition coefficient (Wildman–Crippen LogP) is 9.33. The van der Waals surface area contributed by atoms with Gasteiger partial charge in [0, 0.05) is 48.3 Å². The molecule has 0 unspecified atom stereocenters. The lowest BCUT2D eigenvalue weighted by atomic mass is 9.90. The summed E-state index contributed by atoms with van der Waals surface area (Å²) in [5.74, 6) is 0. The fourth-order valence-corrected chi connectivity index (χ4v) is 4.47. The van der Waals surface area contributed by atoms with Crippen LogP contribution in [0.25, 0.3) is 0 Å². The minimum absolute atomic E-state index is 0.276. The van der Waals surface area contributed by atoms with E-state index in [9.17, 15) is 0 Å². The van der Waals surface area contributed by atoms with Gasteiger partial charge in [0.2, 0.25) is 0 Å². The first kappa shape index (κ1) is 42.0. The van der Waals surface area contributed by atoms with Gasteiger partial charge in [-0.25, -0.2) is 0 Å². The molecule has 1 aliphatic heterocycles. The normalized spacial score (nSPS) is 16.8.